The number of nitrogens with zero attached hydrogens (tertiary/aromatic N) is 1. The number of carbonyl (C=O) groups is 1. The number of halogens is 3. The molecule has 0 amide bonds. The molecule has 1 rings (SSSR count). The molecule has 0 radical (unpaired) electrons. The lowest BCUT2D eigenvalue weighted by Crippen LogP contribution is -2.11. The molecule has 4 nitrogen and oxygen atoms in total. The van der Waals surface area contributed by atoms with Gasteiger partial charge in [-0.3, -0.25) is 4.79 Å². The molecule has 7 heteroatoms. The summed E-state index contributed by atoms with van der Waals surface area (Å²) in [4.78, 5) is 15.0. The maximum Gasteiger partial charge on any atom is 0.310 e. The number of esters is 1. The topological polar surface area (TPSA) is 48.4 Å². The van der Waals surface area contributed by atoms with E-state index in [-0.39, 0.29) is 27.0 Å². The van der Waals surface area contributed by atoms with Gasteiger partial charge in [-0.1, -0.05) is 0 Å². The Balaban J connectivity index is 3.29. The van der Waals surface area contributed by atoms with Crippen molar-refractivity contribution >= 4 is 28.6 Å². The third-order valence-corrected chi connectivity index (χ3v) is 2.99. The summed E-state index contributed by atoms with van der Waals surface area (Å²) >= 11 is 1.69. The lowest BCUT2D eigenvalue weighted by molar-refractivity contribution is -0.139. The van der Waals surface area contributed by atoms with Crippen LogP contribution in [0.3, 0.4) is 0 Å². The number of alkyl halides is 2. The number of pyridine rings is 1. The van der Waals surface area contributed by atoms with E-state index in [2.05, 4.69) is 9.72 Å². The fourth-order valence-electron chi connectivity index (χ4n) is 1.32. The van der Waals surface area contributed by atoms with Gasteiger partial charge in [-0.2, -0.15) is 0 Å². The van der Waals surface area contributed by atoms with Crippen LogP contribution in [0, 0.1) is 3.70 Å². The van der Waals surface area contributed by atoms with Gasteiger partial charge in [-0.15, -0.1) is 0 Å². The molecule has 0 aliphatic carbocycles. The van der Waals surface area contributed by atoms with E-state index in [4.69, 9.17) is 4.74 Å². The zero-order valence-corrected chi connectivity index (χ0v) is 11.3. The molecule has 0 aliphatic heterocycles. The first-order valence-corrected chi connectivity index (χ1v) is 5.65. The lowest BCUT2D eigenvalue weighted by Gasteiger charge is -2.13. The Hall–Kier alpha value is -0.990. The molecule has 0 bridgehead atoms. The molecule has 0 N–H and O–H groups in total. The highest BCUT2D eigenvalue weighted by Crippen LogP contribution is 2.32. The summed E-state index contributed by atoms with van der Waals surface area (Å²) in [5.74, 6) is -0.446. The zero-order valence-electron chi connectivity index (χ0n) is 9.17. The summed E-state index contributed by atoms with van der Waals surface area (Å²) in [5.41, 5.74) is -0.163. The Kier molecular flexibility index (Phi) is 5.03. The van der Waals surface area contributed by atoms with Crippen molar-refractivity contribution in [2.24, 2.45) is 0 Å². The fraction of sp³-hybridized carbons (Fsp3) is 0.400. The first-order valence-electron chi connectivity index (χ1n) is 4.57. The highest BCUT2D eigenvalue weighted by Gasteiger charge is 2.23. The Bertz CT molecular complexity index is 426. The summed E-state index contributed by atoms with van der Waals surface area (Å²) in [6.07, 6.45) is -1.67. The summed E-state index contributed by atoms with van der Waals surface area (Å²) in [6, 6.07) is 0. The molecule has 0 aliphatic rings. The van der Waals surface area contributed by atoms with Gasteiger partial charge in [0.15, 0.2) is 0 Å². The summed E-state index contributed by atoms with van der Waals surface area (Å²) < 4.78 is 35.4. The van der Waals surface area contributed by atoms with Crippen LogP contribution in [0.2, 0.25) is 0 Å². The lowest BCUT2D eigenvalue weighted by atomic mass is 10.1. The number of methoxy groups -OCH3 is 2. The van der Waals surface area contributed by atoms with Crippen LogP contribution in [0.1, 0.15) is 17.6 Å². The molecule has 1 aromatic heterocycles. The molecule has 0 unspecified atom stereocenters. The number of carbonyl (C=O) groups excluding carboxylic acids is 1. The van der Waals surface area contributed by atoms with E-state index in [1.807, 2.05) is 0 Å². The van der Waals surface area contributed by atoms with E-state index in [0.717, 1.165) is 0 Å². The molecule has 0 aromatic carbocycles. The molecule has 0 fully saturated rings. The SMILES string of the molecule is COC(=O)Cc1c(OC)cnc(I)c1C(F)F. The molecule has 17 heavy (non-hydrogen) atoms. The maximum absolute atomic E-state index is 12.9. The first-order chi connectivity index (χ1) is 8.01. The van der Waals surface area contributed by atoms with Crippen LogP contribution in [0.5, 0.6) is 5.75 Å². The predicted octanol–water partition coefficient (Wildman–Crippen LogP) is 2.35. The van der Waals surface area contributed by atoms with Gasteiger partial charge in [0.05, 0.1) is 32.4 Å². The third-order valence-electron chi connectivity index (χ3n) is 2.13. The van der Waals surface area contributed by atoms with Gasteiger partial charge in [0.25, 0.3) is 6.43 Å². The van der Waals surface area contributed by atoms with Gasteiger partial charge in [0.1, 0.15) is 9.45 Å². The number of rotatable bonds is 4. The number of hydrogen-bond donors (Lipinski definition) is 0. The minimum Gasteiger partial charge on any atom is -0.495 e. The van der Waals surface area contributed by atoms with Crippen LogP contribution in [-0.2, 0) is 16.0 Å². The van der Waals surface area contributed by atoms with Crippen LogP contribution in [-0.4, -0.2) is 25.2 Å². The van der Waals surface area contributed by atoms with E-state index in [9.17, 15) is 13.6 Å². The summed E-state index contributed by atoms with van der Waals surface area (Å²) in [5, 5.41) is 0. The molecule has 1 aromatic rings. The average Bonchev–Trinajstić information content (AvgIpc) is 2.28. The number of hydrogen-bond acceptors (Lipinski definition) is 4. The minimum atomic E-state index is -2.72. The van der Waals surface area contributed by atoms with Crippen LogP contribution in [0.4, 0.5) is 8.78 Å². The second-order valence-corrected chi connectivity index (χ2v) is 4.09. The monoisotopic (exact) mass is 357 g/mol. The smallest absolute Gasteiger partial charge is 0.310 e. The van der Waals surface area contributed by atoms with Gasteiger partial charge in [0.2, 0.25) is 0 Å². The second kappa shape index (κ2) is 6.08. The average molecular weight is 357 g/mol. The summed E-state index contributed by atoms with van der Waals surface area (Å²) in [6.45, 7) is 0. The van der Waals surface area contributed by atoms with Crippen molar-refractivity contribution in [3.8, 4) is 5.75 Å². The highest BCUT2D eigenvalue weighted by molar-refractivity contribution is 14.1. The van der Waals surface area contributed by atoms with Crippen LogP contribution >= 0.6 is 22.6 Å². The van der Waals surface area contributed by atoms with Gasteiger partial charge < -0.3 is 9.47 Å². The predicted molar refractivity (Wildman–Crippen MR) is 64.2 cm³/mol. The Labute approximate surface area is 110 Å². The van der Waals surface area contributed by atoms with Gasteiger partial charge >= 0.3 is 5.97 Å². The van der Waals surface area contributed by atoms with Crippen molar-refractivity contribution in [2.75, 3.05) is 14.2 Å². The Morgan fingerprint density at radius 3 is 2.65 bits per heavy atom. The molecule has 1 heterocycles. The standard InChI is InChI=1S/C10H10F2INO3/c1-16-6-4-14-10(13)8(9(11)12)5(6)3-7(15)17-2/h4,9H,3H2,1-2H3. The van der Waals surface area contributed by atoms with E-state index >= 15 is 0 Å². The minimum absolute atomic E-state index is 0.119. The quantitative estimate of drug-likeness (QED) is 0.472. The van der Waals surface area contributed by atoms with E-state index in [0.29, 0.717) is 0 Å². The molecule has 0 saturated carbocycles. The van der Waals surface area contributed by atoms with Crippen molar-refractivity contribution in [3.63, 3.8) is 0 Å². The molecule has 94 valence electrons. The van der Waals surface area contributed by atoms with Crippen molar-refractivity contribution in [3.05, 3.63) is 21.0 Å². The Morgan fingerprint density at radius 2 is 2.18 bits per heavy atom. The van der Waals surface area contributed by atoms with Crippen LogP contribution < -0.4 is 4.74 Å². The van der Waals surface area contributed by atoms with Crippen LogP contribution in [0.25, 0.3) is 0 Å². The highest BCUT2D eigenvalue weighted by atomic mass is 127. The molecular formula is C10H10F2INO3. The van der Waals surface area contributed by atoms with E-state index in [1.165, 1.54) is 20.4 Å². The first kappa shape index (κ1) is 14.1. The Morgan fingerprint density at radius 1 is 1.53 bits per heavy atom. The second-order valence-electron chi connectivity index (χ2n) is 3.06. The molecule has 0 spiro atoms. The fourth-order valence-corrected chi connectivity index (χ4v) is 2.02. The molecule has 0 atom stereocenters. The van der Waals surface area contributed by atoms with Gasteiger partial charge in [-0.05, 0) is 22.6 Å². The molecular weight excluding hydrogens is 347 g/mol. The van der Waals surface area contributed by atoms with Gasteiger partial charge in [-0.25, -0.2) is 13.8 Å². The van der Waals surface area contributed by atoms with Crippen molar-refractivity contribution in [2.45, 2.75) is 12.8 Å². The van der Waals surface area contributed by atoms with Crippen molar-refractivity contribution < 1.29 is 23.0 Å². The number of ether oxygens (including phenoxy) is 2. The number of aromatic nitrogens is 1. The van der Waals surface area contributed by atoms with Gasteiger partial charge in [0, 0.05) is 5.56 Å². The maximum atomic E-state index is 12.9. The molecule has 0 saturated heterocycles. The van der Waals surface area contributed by atoms with E-state index < -0.39 is 12.4 Å². The normalized spacial score (nSPS) is 10.5. The largest absolute Gasteiger partial charge is 0.495 e. The van der Waals surface area contributed by atoms with E-state index in [1.54, 1.807) is 22.6 Å². The third kappa shape index (κ3) is 3.24. The van der Waals surface area contributed by atoms with Crippen molar-refractivity contribution in [1.29, 1.82) is 0 Å². The zero-order chi connectivity index (χ0) is 13.0. The van der Waals surface area contributed by atoms with Crippen molar-refractivity contribution in [1.82, 2.24) is 4.98 Å². The summed E-state index contributed by atoms with van der Waals surface area (Å²) in [7, 11) is 2.53. The van der Waals surface area contributed by atoms with Crippen LogP contribution in [0.15, 0.2) is 6.20 Å².